The van der Waals surface area contributed by atoms with Crippen LogP contribution in [0.5, 0.6) is 0 Å². The van der Waals surface area contributed by atoms with Crippen LogP contribution in [0.2, 0.25) is 0 Å². The number of thioether (sulfide) groups is 1. The Balaban J connectivity index is 2.37. The van der Waals surface area contributed by atoms with Gasteiger partial charge in [0.1, 0.15) is 9.94 Å². The molecule has 0 aromatic carbocycles. The molecule has 1 atom stereocenters. The molecule has 68 valence electrons. The minimum atomic E-state index is -0.417. The van der Waals surface area contributed by atoms with E-state index in [4.69, 9.17) is 4.74 Å². The second kappa shape index (κ2) is 4.44. The Morgan fingerprint density at radius 3 is 3.17 bits per heavy atom. The highest BCUT2D eigenvalue weighted by Gasteiger charge is 2.32. The summed E-state index contributed by atoms with van der Waals surface area (Å²) < 4.78 is 4.81. The highest BCUT2D eigenvalue weighted by atomic mass is 79.9. The molecule has 0 saturated heterocycles. The van der Waals surface area contributed by atoms with Crippen LogP contribution >= 0.6 is 27.7 Å². The largest absolute Gasteiger partial charge is 0.377 e. The lowest BCUT2D eigenvalue weighted by atomic mass is 10.3. The van der Waals surface area contributed by atoms with E-state index in [1.807, 2.05) is 13.0 Å². The molecule has 0 saturated carbocycles. The van der Waals surface area contributed by atoms with Crippen LogP contribution < -0.4 is 0 Å². The minimum absolute atomic E-state index is 0.417. The van der Waals surface area contributed by atoms with Crippen molar-refractivity contribution in [3.8, 4) is 0 Å². The maximum Gasteiger partial charge on any atom is 0.147 e. The van der Waals surface area contributed by atoms with Gasteiger partial charge in [-0.1, -0.05) is 22.0 Å². The first-order valence-electron chi connectivity index (χ1n) is 3.81. The molecule has 1 aliphatic rings. The summed E-state index contributed by atoms with van der Waals surface area (Å²) in [6.07, 6.45) is 3.74. The number of hydrogen-bond acceptors (Lipinski definition) is 3. The lowest BCUT2D eigenvalue weighted by Gasteiger charge is -2.11. The highest BCUT2D eigenvalue weighted by molar-refractivity contribution is 9.12. The maximum atomic E-state index is 10.6. The summed E-state index contributed by atoms with van der Waals surface area (Å²) >= 11 is 4.90. The standard InChI is InChI=1S/C8H11BrO2S/c1-2-11-5-7-3-4-8(9,6-10)12-7/h3,6H,2,4-5H2,1H3. The smallest absolute Gasteiger partial charge is 0.147 e. The lowest BCUT2D eigenvalue weighted by Crippen LogP contribution is -2.12. The van der Waals surface area contributed by atoms with Gasteiger partial charge in [0, 0.05) is 11.5 Å². The monoisotopic (exact) mass is 250 g/mol. The summed E-state index contributed by atoms with van der Waals surface area (Å²) in [4.78, 5) is 11.7. The van der Waals surface area contributed by atoms with E-state index in [0.717, 1.165) is 17.6 Å². The van der Waals surface area contributed by atoms with Crippen LogP contribution in [-0.4, -0.2) is 23.2 Å². The molecule has 0 spiro atoms. The van der Waals surface area contributed by atoms with Gasteiger partial charge in [-0.2, -0.15) is 0 Å². The third-order valence-corrected chi connectivity index (χ3v) is 3.68. The molecule has 0 N–H and O–H groups in total. The van der Waals surface area contributed by atoms with Crippen LogP contribution in [0.4, 0.5) is 0 Å². The van der Waals surface area contributed by atoms with Crippen molar-refractivity contribution in [3.05, 3.63) is 11.0 Å². The van der Waals surface area contributed by atoms with Gasteiger partial charge in [0.15, 0.2) is 0 Å². The van der Waals surface area contributed by atoms with E-state index in [1.165, 1.54) is 11.8 Å². The number of ether oxygens (including phenoxy) is 1. The molecule has 1 aliphatic heterocycles. The number of rotatable bonds is 4. The van der Waals surface area contributed by atoms with Crippen LogP contribution in [0.1, 0.15) is 13.3 Å². The normalized spacial score (nSPS) is 28.7. The highest BCUT2D eigenvalue weighted by Crippen LogP contribution is 2.45. The summed E-state index contributed by atoms with van der Waals surface area (Å²) in [5.74, 6) is 0. The van der Waals surface area contributed by atoms with E-state index >= 15 is 0 Å². The average molecular weight is 251 g/mol. The van der Waals surface area contributed by atoms with E-state index in [1.54, 1.807) is 0 Å². The van der Waals surface area contributed by atoms with E-state index < -0.39 is 3.66 Å². The molecular weight excluding hydrogens is 240 g/mol. The lowest BCUT2D eigenvalue weighted by molar-refractivity contribution is -0.107. The van der Waals surface area contributed by atoms with Crippen LogP contribution in [-0.2, 0) is 9.53 Å². The molecule has 4 heteroatoms. The molecule has 0 amide bonds. The fourth-order valence-corrected chi connectivity index (χ4v) is 2.66. The van der Waals surface area contributed by atoms with Crippen LogP contribution in [0, 0.1) is 0 Å². The molecule has 1 unspecified atom stereocenters. The van der Waals surface area contributed by atoms with Crippen molar-refractivity contribution in [2.75, 3.05) is 13.2 Å². The van der Waals surface area contributed by atoms with Gasteiger partial charge in [-0.25, -0.2) is 0 Å². The number of aldehydes is 1. The summed E-state index contributed by atoms with van der Waals surface area (Å²) in [5.41, 5.74) is 0. The number of carbonyl (C=O) groups is 1. The molecule has 0 fully saturated rings. The van der Waals surface area contributed by atoms with Crippen molar-refractivity contribution < 1.29 is 9.53 Å². The topological polar surface area (TPSA) is 26.3 Å². The zero-order valence-electron chi connectivity index (χ0n) is 6.88. The number of halogens is 1. The van der Waals surface area contributed by atoms with E-state index in [0.29, 0.717) is 13.2 Å². The molecule has 0 aliphatic carbocycles. The van der Waals surface area contributed by atoms with Crippen molar-refractivity contribution in [2.45, 2.75) is 17.0 Å². The van der Waals surface area contributed by atoms with Gasteiger partial charge in [-0.05, 0) is 13.3 Å². The third-order valence-electron chi connectivity index (χ3n) is 1.53. The number of hydrogen-bond donors (Lipinski definition) is 0. The van der Waals surface area contributed by atoms with Crippen molar-refractivity contribution in [1.82, 2.24) is 0 Å². The van der Waals surface area contributed by atoms with Gasteiger partial charge in [-0.15, -0.1) is 11.8 Å². The summed E-state index contributed by atoms with van der Waals surface area (Å²) in [6.45, 7) is 3.30. The molecule has 1 heterocycles. The molecule has 0 radical (unpaired) electrons. The van der Waals surface area contributed by atoms with Gasteiger partial charge in [-0.3, -0.25) is 0 Å². The first kappa shape index (κ1) is 10.3. The second-order valence-electron chi connectivity index (χ2n) is 2.52. The zero-order chi connectivity index (χ0) is 9.03. The zero-order valence-corrected chi connectivity index (χ0v) is 9.28. The Bertz CT molecular complexity index is 205. The number of allylic oxidation sites excluding steroid dienone is 1. The first-order valence-corrected chi connectivity index (χ1v) is 5.42. The average Bonchev–Trinajstić information content (AvgIpc) is 2.45. The molecule has 1 rings (SSSR count). The third kappa shape index (κ3) is 2.61. The van der Waals surface area contributed by atoms with Crippen molar-refractivity contribution in [1.29, 1.82) is 0 Å². The summed E-state index contributed by atoms with van der Waals surface area (Å²) in [7, 11) is 0. The van der Waals surface area contributed by atoms with Crippen LogP contribution in [0.25, 0.3) is 0 Å². The van der Waals surface area contributed by atoms with Crippen molar-refractivity contribution in [2.24, 2.45) is 0 Å². The SMILES string of the molecule is CCOCC1=CCC(Br)(C=O)S1. The summed E-state index contributed by atoms with van der Waals surface area (Å²) in [6, 6.07) is 0. The van der Waals surface area contributed by atoms with E-state index in [2.05, 4.69) is 15.9 Å². The van der Waals surface area contributed by atoms with Gasteiger partial charge in [0.05, 0.1) is 6.61 Å². The molecule has 2 nitrogen and oxygen atoms in total. The minimum Gasteiger partial charge on any atom is -0.377 e. The Labute approximate surface area is 84.9 Å². The maximum absolute atomic E-state index is 10.6. The van der Waals surface area contributed by atoms with Gasteiger partial charge >= 0.3 is 0 Å². The fourth-order valence-electron chi connectivity index (χ4n) is 0.917. The molecular formula is C8H11BrO2S. The van der Waals surface area contributed by atoms with Crippen molar-refractivity contribution in [3.63, 3.8) is 0 Å². The van der Waals surface area contributed by atoms with Gasteiger partial charge in [0.25, 0.3) is 0 Å². The van der Waals surface area contributed by atoms with E-state index in [-0.39, 0.29) is 0 Å². The first-order chi connectivity index (χ1) is 5.70. The van der Waals surface area contributed by atoms with Crippen LogP contribution in [0.15, 0.2) is 11.0 Å². The summed E-state index contributed by atoms with van der Waals surface area (Å²) in [5, 5.41) is 0. The number of carbonyl (C=O) groups excluding carboxylic acids is 1. The number of alkyl halides is 1. The van der Waals surface area contributed by atoms with E-state index in [9.17, 15) is 4.79 Å². The quantitative estimate of drug-likeness (QED) is 0.566. The predicted octanol–water partition coefficient (Wildman–Crippen LogP) is 2.33. The Hall–Kier alpha value is 0.200. The Morgan fingerprint density at radius 1 is 1.92 bits per heavy atom. The fraction of sp³-hybridized carbons (Fsp3) is 0.625. The molecule has 12 heavy (non-hydrogen) atoms. The van der Waals surface area contributed by atoms with Crippen molar-refractivity contribution >= 4 is 34.0 Å². The Morgan fingerprint density at radius 2 is 2.67 bits per heavy atom. The van der Waals surface area contributed by atoms with Gasteiger partial charge < -0.3 is 9.53 Å². The Kier molecular flexibility index (Phi) is 3.80. The molecule has 0 aromatic rings. The molecule has 0 aromatic heterocycles. The van der Waals surface area contributed by atoms with Gasteiger partial charge in [0.2, 0.25) is 0 Å². The molecule has 0 bridgehead atoms. The predicted molar refractivity (Wildman–Crippen MR) is 54.5 cm³/mol. The second-order valence-corrected chi connectivity index (χ2v) is 5.91. The van der Waals surface area contributed by atoms with Crippen LogP contribution in [0.3, 0.4) is 0 Å².